The smallest absolute Gasteiger partial charge is 0.122 e. The van der Waals surface area contributed by atoms with E-state index in [1.54, 1.807) is 0 Å². The van der Waals surface area contributed by atoms with Crippen molar-refractivity contribution in [3.63, 3.8) is 0 Å². The number of benzene rings is 3. The molecule has 0 spiro atoms. The topological polar surface area (TPSA) is 60.7 Å². The summed E-state index contributed by atoms with van der Waals surface area (Å²) in [5, 5.41) is 32.1. The molecule has 3 aromatic rings. The first-order valence-electron chi connectivity index (χ1n) is 14.1. The van der Waals surface area contributed by atoms with Gasteiger partial charge in [0.05, 0.1) is 12.2 Å². The predicted molar refractivity (Wildman–Crippen MR) is 174 cm³/mol. The fourth-order valence-corrected chi connectivity index (χ4v) is 7.21. The van der Waals surface area contributed by atoms with Crippen LogP contribution in [-0.2, 0) is 23.0 Å². The van der Waals surface area contributed by atoms with E-state index < -0.39 is 12.2 Å². The summed E-state index contributed by atoms with van der Waals surface area (Å²) in [6.45, 7) is 18.5. The maximum Gasteiger partial charge on any atom is 0.122 e. The van der Waals surface area contributed by atoms with Gasteiger partial charge >= 0.3 is 0 Å². The summed E-state index contributed by atoms with van der Waals surface area (Å²) in [5.41, 5.74) is 9.70. The fraction of sp³-hybridized carbons (Fsp3) is 0.486. The van der Waals surface area contributed by atoms with Crippen LogP contribution in [0.2, 0.25) is 0 Å². The minimum atomic E-state index is -0.480. The average molecular weight is 581 g/mol. The van der Waals surface area contributed by atoms with Crippen molar-refractivity contribution in [3.05, 3.63) is 98.6 Å². The van der Waals surface area contributed by atoms with Crippen LogP contribution in [0.4, 0.5) is 0 Å². The third-order valence-corrected chi connectivity index (χ3v) is 9.84. The first kappa shape index (κ1) is 32.6. The van der Waals surface area contributed by atoms with Crippen molar-refractivity contribution in [1.29, 1.82) is 0 Å². The van der Waals surface area contributed by atoms with Crippen molar-refractivity contribution in [2.45, 2.75) is 97.5 Å². The number of thioether (sulfide) groups is 2. The first-order chi connectivity index (χ1) is 18.6. The summed E-state index contributed by atoms with van der Waals surface area (Å²) < 4.78 is 0. The number of hydrogen-bond acceptors (Lipinski definition) is 5. The van der Waals surface area contributed by atoms with Gasteiger partial charge in [-0.25, -0.2) is 0 Å². The number of phenols is 1. The summed E-state index contributed by atoms with van der Waals surface area (Å²) in [4.78, 5) is 0. The molecule has 3 N–H and O–H groups in total. The van der Waals surface area contributed by atoms with E-state index >= 15 is 0 Å². The molecule has 40 heavy (non-hydrogen) atoms. The molecule has 0 saturated carbocycles. The van der Waals surface area contributed by atoms with Gasteiger partial charge in [-0.05, 0) is 81.7 Å². The molecule has 0 aliphatic heterocycles. The molecule has 3 nitrogen and oxygen atoms in total. The van der Waals surface area contributed by atoms with Crippen LogP contribution in [0.25, 0.3) is 0 Å². The van der Waals surface area contributed by atoms with Gasteiger partial charge in [-0.3, -0.25) is 0 Å². The van der Waals surface area contributed by atoms with Crippen molar-refractivity contribution in [3.8, 4) is 5.75 Å². The summed E-state index contributed by atoms with van der Waals surface area (Å²) in [6.07, 6.45) is -0.959. The molecule has 0 aliphatic rings. The second kappa shape index (κ2) is 13.4. The molecule has 218 valence electrons. The highest BCUT2D eigenvalue weighted by molar-refractivity contribution is 7.98. The van der Waals surface area contributed by atoms with Gasteiger partial charge in [0.15, 0.2) is 0 Å². The molecule has 0 fully saturated rings. The quantitative estimate of drug-likeness (QED) is 0.223. The van der Waals surface area contributed by atoms with E-state index in [-0.39, 0.29) is 10.8 Å². The number of aliphatic hydroxyl groups is 2. The van der Waals surface area contributed by atoms with Crippen LogP contribution >= 0.6 is 23.5 Å². The zero-order valence-electron chi connectivity index (χ0n) is 25.8. The van der Waals surface area contributed by atoms with Gasteiger partial charge in [0, 0.05) is 23.0 Å². The van der Waals surface area contributed by atoms with Gasteiger partial charge < -0.3 is 15.3 Å². The Morgan fingerprint density at radius 1 is 0.550 bits per heavy atom. The lowest BCUT2D eigenvalue weighted by Gasteiger charge is -2.26. The second-order valence-corrected chi connectivity index (χ2v) is 15.2. The van der Waals surface area contributed by atoms with Gasteiger partial charge in [0.2, 0.25) is 0 Å². The van der Waals surface area contributed by atoms with E-state index in [1.807, 2.05) is 103 Å². The van der Waals surface area contributed by atoms with E-state index in [9.17, 15) is 15.3 Å². The average Bonchev–Trinajstić information content (AvgIpc) is 2.90. The molecule has 3 aromatic carbocycles. The molecule has 2 unspecified atom stereocenters. The van der Waals surface area contributed by atoms with Gasteiger partial charge in [-0.1, -0.05) is 90.1 Å². The fourth-order valence-electron chi connectivity index (χ4n) is 4.88. The van der Waals surface area contributed by atoms with Crippen molar-refractivity contribution in [2.75, 3.05) is 0 Å². The maximum absolute atomic E-state index is 11.0. The highest BCUT2D eigenvalue weighted by atomic mass is 32.2. The standard InChI is InChI=1S/C35H48O3S2/c1-22-29(20-39-18-25-10-14-27(15-11-25)32(37)34(4,5)6)23(2)31(36)24(3)30(22)21-40-19-26-12-16-28(17-13-26)33(38)35(7,8)9/h10-17,32-33,36-38H,18-21H2,1-9H3. The first-order valence-corrected chi connectivity index (χ1v) is 16.4. The summed E-state index contributed by atoms with van der Waals surface area (Å²) in [6, 6.07) is 16.6. The minimum Gasteiger partial charge on any atom is -0.507 e. The summed E-state index contributed by atoms with van der Waals surface area (Å²) in [7, 11) is 0. The van der Waals surface area contributed by atoms with Crippen LogP contribution in [0.15, 0.2) is 48.5 Å². The zero-order chi connectivity index (χ0) is 29.8. The Balaban J connectivity index is 1.64. The lowest BCUT2D eigenvalue weighted by Crippen LogP contribution is -2.17. The lowest BCUT2D eigenvalue weighted by molar-refractivity contribution is 0.0626. The molecule has 3 rings (SSSR count). The SMILES string of the molecule is Cc1c(O)c(C)c(CSCc2ccc(C(O)C(C)(C)C)cc2)c(C)c1CSCc1ccc(C(O)C(C)(C)C)cc1. The summed E-state index contributed by atoms with van der Waals surface area (Å²) >= 11 is 3.71. The normalized spacial score (nSPS) is 13.9. The summed E-state index contributed by atoms with van der Waals surface area (Å²) in [5.74, 6) is 3.85. The van der Waals surface area contributed by atoms with Crippen LogP contribution < -0.4 is 0 Å². The third kappa shape index (κ3) is 8.09. The second-order valence-electron chi connectivity index (χ2n) is 13.2. The minimum absolute atomic E-state index is 0.185. The maximum atomic E-state index is 11.0. The Bertz CT molecular complexity index is 1170. The number of hydrogen-bond donors (Lipinski definition) is 3. The largest absolute Gasteiger partial charge is 0.507 e. The van der Waals surface area contributed by atoms with Crippen LogP contribution in [0, 0.1) is 31.6 Å². The molecule has 0 bridgehead atoms. The predicted octanol–water partition coefficient (Wildman–Crippen LogP) is 9.34. The van der Waals surface area contributed by atoms with Crippen molar-refractivity contribution in [2.24, 2.45) is 10.8 Å². The van der Waals surface area contributed by atoms with Crippen LogP contribution in [0.1, 0.15) is 104 Å². The Morgan fingerprint density at radius 3 is 1.18 bits per heavy atom. The van der Waals surface area contributed by atoms with E-state index in [0.29, 0.717) is 5.75 Å². The lowest BCUT2D eigenvalue weighted by atomic mass is 9.85. The van der Waals surface area contributed by atoms with Crippen LogP contribution in [0.3, 0.4) is 0 Å². The molecule has 0 aromatic heterocycles. The van der Waals surface area contributed by atoms with Gasteiger partial charge in [0.25, 0.3) is 0 Å². The van der Waals surface area contributed by atoms with E-state index in [0.717, 1.165) is 45.3 Å². The van der Waals surface area contributed by atoms with Crippen molar-refractivity contribution < 1.29 is 15.3 Å². The van der Waals surface area contributed by atoms with E-state index in [1.165, 1.54) is 27.8 Å². The Morgan fingerprint density at radius 2 is 0.875 bits per heavy atom. The Hall–Kier alpha value is -1.92. The van der Waals surface area contributed by atoms with Gasteiger partial charge in [0.1, 0.15) is 5.75 Å². The molecule has 0 aliphatic carbocycles. The highest BCUT2D eigenvalue weighted by Gasteiger charge is 2.24. The Kier molecular flexibility index (Phi) is 10.9. The molecular weight excluding hydrogens is 533 g/mol. The van der Waals surface area contributed by atoms with Gasteiger partial charge in [-0.15, -0.1) is 0 Å². The molecule has 0 saturated heterocycles. The molecule has 0 radical (unpaired) electrons. The Labute approximate surface area is 250 Å². The number of phenolic OH excluding ortho intramolecular Hbond substituents is 1. The monoisotopic (exact) mass is 580 g/mol. The zero-order valence-corrected chi connectivity index (χ0v) is 27.4. The number of rotatable bonds is 10. The molecular formula is C35H48O3S2. The van der Waals surface area contributed by atoms with Crippen molar-refractivity contribution >= 4 is 23.5 Å². The van der Waals surface area contributed by atoms with Crippen molar-refractivity contribution in [1.82, 2.24) is 0 Å². The molecule has 2 atom stereocenters. The molecule has 0 heterocycles. The highest BCUT2D eigenvalue weighted by Crippen LogP contribution is 2.38. The number of aromatic hydroxyl groups is 1. The molecule has 0 amide bonds. The van der Waals surface area contributed by atoms with Crippen LogP contribution in [-0.4, -0.2) is 15.3 Å². The van der Waals surface area contributed by atoms with E-state index in [4.69, 9.17) is 0 Å². The van der Waals surface area contributed by atoms with E-state index in [2.05, 4.69) is 31.2 Å². The third-order valence-electron chi connectivity index (χ3n) is 7.78. The number of aliphatic hydroxyl groups excluding tert-OH is 2. The van der Waals surface area contributed by atoms with Crippen LogP contribution in [0.5, 0.6) is 5.75 Å². The van der Waals surface area contributed by atoms with Gasteiger partial charge in [-0.2, -0.15) is 23.5 Å². The molecule has 5 heteroatoms.